The van der Waals surface area contributed by atoms with Crippen LogP contribution in [0.2, 0.25) is 0 Å². The minimum atomic E-state index is -4.08. The zero-order chi connectivity index (χ0) is 13.2. The Kier molecular flexibility index (Phi) is 3.70. The third-order valence-corrected chi connectivity index (χ3v) is 3.20. The molecule has 1 fully saturated rings. The third-order valence-electron chi connectivity index (χ3n) is 3.20. The van der Waals surface area contributed by atoms with E-state index in [1.54, 1.807) is 12.1 Å². The van der Waals surface area contributed by atoms with Crippen molar-refractivity contribution in [1.82, 2.24) is 10.2 Å². The van der Waals surface area contributed by atoms with Crippen molar-refractivity contribution in [2.75, 3.05) is 18.0 Å². The molecule has 18 heavy (non-hydrogen) atoms. The second-order valence-corrected chi connectivity index (χ2v) is 4.39. The molecule has 2 rings (SSSR count). The molecule has 4 nitrogen and oxygen atoms in total. The Bertz CT molecular complexity index is 382. The van der Waals surface area contributed by atoms with Gasteiger partial charge in [0.1, 0.15) is 0 Å². The molecule has 1 saturated heterocycles. The number of anilines is 1. The minimum Gasteiger partial charge on any atom is -0.355 e. The summed E-state index contributed by atoms with van der Waals surface area (Å²) in [5.74, 6) is -0.571. The summed E-state index contributed by atoms with van der Waals surface area (Å²) in [6.07, 6.45) is -3.85. The van der Waals surface area contributed by atoms with Crippen molar-refractivity contribution in [3.8, 4) is 0 Å². The fourth-order valence-corrected chi connectivity index (χ4v) is 2.07. The number of hydrogen-bond donors (Lipinski definition) is 1. The summed E-state index contributed by atoms with van der Waals surface area (Å²) in [6.45, 7) is 1.03. The topological polar surface area (TPSA) is 55.0 Å². The van der Waals surface area contributed by atoms with E-state index in [2.05, 4.69) is 10.2 Å². The first-order chi connectivity index (χ1) is 8.50. The summed E-state index contributed by atoms with van der Waals surface area (Å²) in [5.41, 5.74) is 6.07. The number of nitrogens with zero attached hydrogens (tertiary/aromatic N) is 3. The van der Waals surface area contributed by atoms with Crippen LogP contribution in [0.5, 0.6) is 0 Å². The Balaban J connectivity index is 1.96. The molecule has 1 aromatic heterocycles. The molecule has 7 heteroatoms. The molecule has 0 spiro atoms. The average Bonchev–Trinajstić information content (AvgIpc) is 2.38. The SMILES string of the molecule is NCc1ccc(N2CCC(C(F)(F)F)CC2)nn1. The number of aromatic nitrogens is 2. The average molecular weight is 260 g/mol. The second-order valence-electron chi connectivity index (χ2n) is 4.39. The van der Waals surface area contributed by atoms with Crippen LogP contribution in [0.3, 0.4) is 0 Å². The van der Waals surface area contributed by atoms with Gasteiger partial charge in [-0.3, -0.25) is 0 Å². The van der Waals surface area contributed by atoms with E-state index in [-0.39, 0.29) is 12.8 Å². The molecule has 0 aromatic carbocycles. The standard InChI is InChI=1S/C11H15F3N4/c12-11(13,14)8-3-5-18(6-4-8)10-2-1-9(7-15)16-17-10/h1-2,8H,3-7,15H2. The maximum atomic E-state index is 12.5. The maximum absolute atomic E-state index is 12.5. The normalized spacial score (nSPS) is 18.1. The van der Waals surface area contributed by atoms with Gasteiger partial charge in [0.25, 0.3) is 0 Å². The summed E-state index contributed by atoms with van der Waals surface area (Å²) in [4.78, 5) is 1.83. The highest BCUT2D eigenvalue weighted by Gasteiger charge is 2.41. The molecule has 0 aliphatic carbocycles. The van der Waals surface area contributed by atoms with Crippen molar-refractivity contribution in [3.63, 3.8) is 0 Å². The zero-order valence-corrected chi connectivity index (χ0v) is 9.82. The molecule has 0 radical (unpaired) electrons. The van der Waals surface area contributed by atoms with Gasteiger partial charge in [-0.2, -0.15) is 18.3 Å². The van der Waals surface area contributed by atoms with Gasteiger partial charge in [0.05, 0.1) is 11.6 Å². The predicted molar refractivity (Wildman–Crippen MR) is 60.9 cm³/mol. The molecule has 1 aliphatic heterocycles. The van der Waals surface area contributed by atoms with Gasteiger partial charge in [-0.1, -0.05) is 0 Å². The minimum absolute atomic E-state index is 0.115. The number of rotatable bonds is 2. The van der Waals surface area contributed by atoms with E-state index in [1.807, 2.05) is 4.90 Å². The van der Waals surface area contributed by atoms with E-state index in [4.69, 9.17) is 5.73 Å². The molecule has 2 N–H and O–H groups in total. The Morgan fingerprint density at radius 1 is 1.22 bits per heavy atom. The highest BCUT2D eigenvalue weighted by Crippen LogP contribution is 2.34. The lowest BCUT2D eigenvalue weighted by Gasteiger charge is -2.33. The molecule has 0 unspecified atom stereocenters. The van der Waals surface area contributed by atoms with Crippen LogP contribution in [0.25, 0.3) is 0 Å². The lowest BCUT2D eigenvalue weighted by atomic mass is 9.96. The van der Waals surface area contributed by atoms with E-state index in [9.17, 15) is 13.2 Å². The number of piperidine rings is 1. The molecular formula is C11H15F3N4. The van der Waals surface area contributed by atoms with Crippen molar-refractivity contribution < 1.29 is 13.2 Å². The highest BCUT2D eigenvalue weighted by atomic mass is 19.4. The Hall–Kier alpha value is -1.37. The molecule has 0 bridgehead atoms. The lowest BCUT2D eigenvalue weighted by molar-refractivity contribution is -0.179. The first kappa shape index (κ1) is 13.1. The summed E-state index contributed by atoms with van der Waals surface area (Å²) < 4.78 is 37.5. The van der Waals surface area contributed by atoms with Crippen LogP contribution in [0, 0.1) is 5.92 Å². The van der Waals surface area contributed by atoms with Crippen molar-refractivity contribution >= 4 is 5.82 Å². The quantitative estimate of drug-likeness (QED) is 0.879. The highest BCUT2D eigenvalue weighted by molar-refractivity contribution is 5.37. The van der Waals surface area contributed by atoms with Crippen LogP contribution in [0.1, 0.15) is 18.5 Å². The molecule has 0 amide bonds. The largest absolute Gasteiger partial charge is 0.391 e. The first-order valence-electron chi connectivity index (χ1n) is 5.85. The van der Waals surface area contributed by atoms with Crippen LogP contribution >= 0.6 is 0 Å². The molecular weight excluding hydrogens is 245 g/mol. The third kappa shape index (κ3) is 2.90. The van der Waals surface area contributed by atoms with E-state index in [1.165, 1.54) is 0 Å². The summed E-state index contributed by atoms with van der Waals surface area (Å²) in [7, 11) is 0. The van der Waals surface area contributed by atoms with Gasteiger partial charge in [-0.25, -0.2) is 0 Å². The van der Waals surface area contributed by atoms with Crippen LogP contribution in [0.15, 0.2) is 12.1 Å². The Labute approximate surface area is 103 Å². The number of nitrogens with two attached hydrogens (primary N) is 1. The van der Waals surface area contributed by atoms with E-state index in [0.29, 0.717) is 31.1 Å². The maximum Gasteiger partial charge on any atom is 0.391 e. The van der Waals surface area contributed by atoms with Gasteiger partial charge in [0.2, 0.25) is 0 Å². The van der Waals surface area contributed by atoms with E-state index < -0.39 is 12.1 Å². The number of halogens is 3. The molecule has 0 atom stereocenters. The van der Waals surface area contributed by atoms with Gasteiger partial charge < -0.3 is 10.6 Å². The van der Waals surface area contributed by atoms with Crippen molar-refractivity contribution in [3.05, 3.63) is 17.8 Å². The van der Waals surface area contributed by atoms with Crippen LogP contribution in [0.4, 0.5) is 19.0 Å². The predicted octanol–water partition coefficient (Wildman–Crippen LogP) is 1.71. The smallest absolute Gasteiger partial charge is 0.355 e. The van der Waals surface area contributed by atoms with Crippen molar-refractivity contribution in [1.29, 1.82) is 0 Å². The zero-order valence-electron chi connectivity index (χ0n) is 9.82. The number of alkyl halides is 3. The van der Waals surface area contributed by atoms with E-state index >= 15 is 0 Å². The number of hydrogen-bond acceptors (Lipinski definition) is 4. The Morgan fingerprint density at radius 2 is 1.89 bits per heavy atom. The van der Waals surface area contributed by atoms with Gasteiger partial charge in [0, 0.05) is 19.6 Å². The van der Waals surface area contributed by atoms with Crippen LogP contribution < -0.4 is 10.6 Å². The van der Waals surface area contributed by atoms with Crippen molar-refractivity contribution in [2.45, 2.75) is 25.6 Å². The molecule has 1 aliphatic rings. The molecule has 0 saturated carbocycles. The summed E-state index contributed by atoms with van der Waals surface area (Å²) >= 11 is 0. The molecule has 2 heterocycles. The summed E-state index contributed by atoms with van der Waals surface area (Å²) in [6, 6.07) is 3.50. The van der Waals surface area contributed by atoms with Crippen LogP contribution in [-0.4, -0.2) is 29.5 Å². The van der Waals surface area contributed by atoms with Gasteiger partial charge in [-0.05, 0) is 25.0 Å². The first-order valence-corrected chi connectivity index (χ1v) is 5.85. The lowest BCUT2D eigenvalue weighted by Crippen LogP contribution is -2.39. The Morgan fingerprint density at radius 3 is 2.33 bits per heavy atom. The molecule has 100 valence electrons. The fourth-order valence-electron chi connectivity index (χ4n) is 2.07. The van der Waals surface area contributed by atoms with Crippen LogP contribution in [-0.2, 0) is 6.54 Å². The van der Waals surface area contributed by atoms with Gasteiger partial charge >= 0.3 is 6.18 Å². The second kappa shape index (κ2) is 5.09. The molecule has 1 aromatic rings. The van der Waals surface area contributed by atoms with Gasteiger partial charge in [-0.15, -0.1) is 5.10 Å². The van der Waals surface area contributed by atoms with E-state index in [0.717, 1.165) is 0 Å². The van der Waals surface area contributed by atoms with Crippen molar-refractivity contribution in [2.24, 2.45) is 11.7 Å². The monoisotopic (exact) mass is 260 g/mol. The summed E-state index contributed by atoms with van der Waals surface area (Å²) in [5, 5.41) is 7.88. The van der Waals surface area contributed by atoms with Gasteiger partial charge in [0.15, 0.2) is 5.82 Å². The fraction of sp³-hybridized carbons (Fsp3) is 0.636.